The first-order chi connectivity index (χ1) is 11.0. The summed E-state index contributed by atoms with van der Waals surface area (Å²) in [7, 11) is 0. The maximum absolute atomic E-state index is 13.1. The van der Waals surface area contributed by atoms with Crippen LogP contribution in [0.4, 0.5) is 8.78 Å². The van der Waals surface area contributed by atoms with Gasteiger partial charge in [-0.2, -0.15) is 0 Å². The topological polar surface area (TPSA) is 58.6 Å². The number of fused-ring (bicyclic) bond motifs is 1. The van der Waals surface area contributed by atoms with E-state index in [9.17, 15) is 18.7 Å². The van der Waals surface area contributed by atoms with Crippen molar-refractivity contribution in [1.82, 2.24) is 5.32 Å². The van der Waals surface area contributed by atoms with Crippen molar-refractivity contribution in [3.05, 3.63) is 64.7 Å². The highest BCUT2D eigenvalue weighted by Gasteiger charge is 2.17. The van der Waals surface area contributed by atoms with Crippen molar-refractivity contribution in [1.29, 1.82) is 0 Å². The van der Waals surface area contributed by atoms with E-state index < -0.39 is 23.6 Å². The Labute approximate surface area is 131 Å². The van der Waals surface area contributed by atoms with Crippen molar-refractivity contribution >= 4 is 5.91 Å². The van der Waals surface area contributed by atoms with Crippen molar-refractivity contribution in [2.45, 2.75) is 12.5 Å². The van der Waals surface area contributed by atoms with Crippen LogP contribution in [0.3, 0.4) is 0 Å². The Hall–Kier alpha value is -2.47. The lowest BCUT2D eigenvalue weighted by Gasteiger charge is -2.13. The number of benzene rings is 2. The number of nitrogens with one attached hydrogen (secondary N) is 1. The van der Waals surface area contributed by atoms with Gasteiger partial charge in [-0.05, 0) is 41.5 Å². The van der Waals surface area contributed by atoms with E-state index in [0.29, 0.717) is 12.2 Å². The molecule has 0 unspecified atom stereocenters. The number of carbonyl (C=O) groups is 1. The number of aliphatic hydroxyl groups excluding tert-OH is 1. The lowest BCUT2D eigenvalue weighted by Crippen LogP contribution is -2.28. The fourth-order valence-corrected chi connectivity index (χ4v) is 2.46. The second-order valence-corrected chi connectivity index (χ2v) is 5.32. The lowest BCUT2D eigenvalue weighted by molar-refractivity contribution is 0.0915. The van der Waals surface area contributed by atoms with E-state index in [1.54, 1.807) is 12.1 Å². The van der Waals surface area contributed by atoms with Gasteiger partial charge in [0.2, 0.25) is 0 Å². The van der Waals surface area contributed by atoms with E-state index >= 15 is 0 Å². The average Bonchev–Trinajstić information content (AvgIpc) is 3.02. The molecule has 23 heavy (non-hydrogen) atoms. The molecule has 1 amide bonds. The van der Waals surface area contributed by atoms with Crippen LogP contribution < -0.4 is 10.1 Å². The van der Waals surface area contributed by atoms with Crippen molar-refractivity contribution in [2.75, 3.05) is 13.2 Å². The summed E-state index contributed by atoms with van der Waals surface area (Å²) >= 11 is 0. The second-order valence-electron chi connectivity index (χ2n) is 5.32. The highest BCUT2D eigenvalue weighted by Crippen LogP contribution is 2.28. The number of aliphatic hydroxyl groups is 1. The van der Waals surface area contributed by atoms with E-state index in [2.05, 4.69) is 5.32 Å². The number of amides is 1. The van der Waals surface area contributed by atoms with E-state index in [-0.39, 0.29) is 12.1 Å². The van der Waals surface area contributed by atoms with Crippen LogP contribution in [-0.4, -0.2) is 24.2 Å². The molecule has 0 radical (unpaired) electrons. The minimum absolute atomic E-state index is 0.00143. The first kappa shape index (κ1) is 15.4. The molecule has 3 rings (SSSR count). The Morgan fingerprint density at radius 3 is 2.83 bits per heavy atom. The molecule has 0 saturated heterocycles. The van der Waals surface area contributed by atoms with Crippen LogP contribution in [0.5, 0.6) is 5.75 Å². The smallest absolute Gasteiger partial charge is 0.251 e. The van der Waals surface area contributed by atoms with Gasteiger partial charge in [0.1, 0.15) is 5.75 Å². The van der Waals surface area contributed by atoms with Crippen LogP contribution in [0.2, 0.25) is 0 Å². The Balaban J connectivity index is 1.63. The molecule has 0 aliphatic carbocycles. The summed E-state index contributed by atoms with van der Waals surface area (Å²) in [5.74, 6) is -1.86. The molecule has 120 valence electrons. The van der Waals surface area contributed by atoms with Gasteiger partial charge in [0.15, 0.2) is 11.6 Å². The minimum atomic E-state index is -1.09. The van der Waals surface area contributed by atoms with Gasteiger partial charge in [-0.15, -0.1) is 0 Å². The predicted octanol–water partition coefficient (Wildman–Crippen LogP) is 2.36. The van der Waals surface area contributed by atoms with Crippen LogP contribution in [0, 0.1) is 11.6 Å². The number of hydrogen-bond acceptors (Lipinski definition) is 3. The van der Waals surface area contributed by atoms with Crippen molar-refractivity contribution < 1.29 is 23.4 Å². The fourth-order valence-electron chi connectivity index (χ4n) is 2.46. The van der Waals surface area contributed by atoms with Gasteiger partial charge >= 0.3 is 0 Å². The zero-order chi connectivity index (χ0) is 16.4. The molecule has 4 nitrogen and oxygen atoms in total. The van der Waals surface area contributed by atoms with Gasteiger partial charge < -0.3 is 15.2 Å². The Morgan fingerprint density at radius 1 is 1.22 bits per heavy atom. The summed E-state index contributed by atoms with van der Waals surface area (Å²) in [6, 6.07) is 8.27. The van der Waals surface area contributed by atoms with Gasteiger partial charge in [0.05, 0.1) is 12.7 Å². The third-order valence-corrected chi connectivity index (χ3v) is 3.74. The largest absolute Gasteiger partial charge is 0.493 e. The maximum Gasteiger partial charge on any atom is 0.251 e. The summed E-state index contributed by atoms with van der Waals surface area (Å²) in [6.07, 6.45) is -0.105. The first-order valence-electron chi connectivity index (χ1n) is 7.21. The second kappa shape index (κ2) is 6.34. The third-order valence-electron chi connectivity index (χ3n) is 3.74. The first-order valence-corrected chi connectivity index (χ1v) is 7.21. The normalized spacial score (nSPS) is 14.0. The molecule has 1 heterocycles. The van der Waals surface area contributed by atoms with Gasteiger partial charge in [-0.25, -0.2) is 8.78 Å². The molecule has 1 aliphatic heterocycles. The quantitative estimate of drug-likeness (QED) is 0.909. The van der Waals surface area contributed by atoms with Crippen molar-refractivity contribution in [2.24, 2.45) is 0 Å². The summed E-state index contributed by atoms with van der Waals surface area (Å²) in [4.78, 5) is 11.9. The third kappa shape index (κ3) is 3.32. The summed E-state index contributed by atoms with van der Waals surface area (Å²) in [5.41, 5.74) is 1.69. The minimum Gasteiger partial charge on any atom is -0.493 e. The van der Waals surface area contributed by atoms with E-state index in [1.807, 2.05) is 6.07 Å². The van der Waals surface area contributed by atoms with Crippen LogP contribution in [0.1, 0.15) is 27.6 Å². The van der Waals surface area contributed by atoms with Gasteiger partial charge in [-0.1, -0.05) is 6.07 Å². The highest BCUT2D eigenvalue weighted by molar-refractivity contribution is 5.94. The molecule has 0 fully saturated rings. The Bertz CT molecular complexity index is 749. The SMILES string of the molecule is O=C(NC[C@H](O)c1ccc2c(c1)CCO2)c1ccc(F)c(F)c1. The van der Waals surface area contributed by atoms with E-state index in [0.717, 1.165) is 29.9 Å². The van der Waals surface area contributed by atoms with Crippen LogP contribution in [-0.2, 0) is 6.42 Å². The van der Waals surface area contributed by atoms with Gasteiger partial charge in [0, 0.05) is 18.5 Å². The Kier molecular flexibility index (Phi) is 4.25. The molecular weight excluding hydrogens is 304 g/mol. The predicted molar refractivity (Wildman–Crippen MR) is 79.3 cm³/mol. The zero-order valence-corrected chi connectivity index (χ0v) is 12.2. The fraction of sp³-hybridized carbons (Fsp3) is 0.235. The van der Waals surface area contributed by atoms with Crippen LogP contribution >= 0.6 is 0 Å². The molecule has 6 heteroatoms. The van der Waals surface area contributed by atoms with Gasteiger partial charge in [0.25, 0.3) is 5.91 Å². The molecule has 1 aliphatic rings. The van der Waals surface area contributed by atoms with Crippen LogP contribution in [0.15, 0.2) is 36.4 Å². The number of ether oxygens (including phenoxy) is 1. The zero-order valence-electron chi connectivity index (χ0n) is 12.2. The number of halogens is 2. The molecule has 0 saturated carbocycles. The maximum atomic E-state index is 13.1. The lowest BCUT2D eigenvalue weighted by atomic mass is 10.0. The summed E-state index contributed by atoms with van der Waals surface area (Å²) in [6.45, 7) is 0.596. The van der Waals surface area contributed by atoms with Crippen molar-refractivity contribution in [3.63, 3.8) is 0 Å². The number of rotatable bonds is 4. The molecule has 0 spiro atoms. The van der Waals surface area contributed by atoms with Crippen LogP contribution in [0.25, 0.3) is 0 Å². The molecule has 0 aromatic heterocycles. The Morgan fingerprint density at radius 2 is 2.04 bits per heavy atom. The van der Waals surface area contributed by atoms with E-state index in [4.69, 9.17) is 4.74 Å². The number of carbonyl (C=O) groups excluding carboxylic acids is 1. The highest BCUT2D eigenvalue weighted by atomic mass is 19.2. The molecule has 2 N–H and O–H groups in total. The molecule has 2 aromatic rings. The molecule has 1 atom stereocenters. The average molecular weight is 319 g/mol. The van der Waals surface area contributed by atoms with Gasteiger partial charge in [-0.3, -0.25) is 4.79 Å². The summed E-state index contributed by atoms with van der Waals surface area (Å²) < 4.78 is 31.4. The summed E-state index contributed by atoms with van der Waals surface area (Å²) in [5, 5.41) is 12.7. The number of hydrogen-bond donors (Lipinski definition) is 2. The molecular formula is C17H15F2NO3. The molecule has 0 bridgehead atoms. The standard InChI is InChI=1S/C17H15F2NO3/c18-13-3-1-12(8-14(13)19)17(22)20-9-15(21)10-2-4-16-11(7-10)5-6-23-16/h1-4,7-8,15,21H,5-6,9H2,(H,20,22)/t15-/m0/s1. The molecule has 2 aromatic carbocycles. The van der Waals surface area contributed by atoms with E-state index in [1.165, 1.54) is 6.07 Å². The van der Waals surface area contributed by atoms with Crippen molar-refractivity contribution in [3.8, 4) is 5.75 Å². The monoisotopic (exact) mass is 319 g/mol.